The fraction of sp³-hybridized carbons (Fsp3) is 0.190. The molecule has 2 aromatic carbocycles. The molecular formula is C21H19N3O5S2. The van der Waals surface area contributed by atoms with Gasteiger partial charge in [-0.3, -0.25) is 14.9 Å². The quantitative estimate of drug-likeness (QED) is 0.431. The Morgan fingerprint density at radius 2 is 1.68 bits per heavy atom. The van der Waals surface area contributed by atoms with Gasteiger partial charge in [0.25, 0.3) is 11.6 Å². The summed E-state index contributed by atoms with van der Waals surface area (Å²) in [6.07, 6.45) is 0. The minimum absolute atomic E-state index is 0.119. The third-order valence-corrected chi connectivity index (χ3v) is 7.93. The first-order chi connectivity index (χ1) is 14.9. The first kappa shape index (κ1) is 21.2. The molecule has 0 N–H and O–H groups in total. The van der Waals surface area contributed by atoms with E-state index in [1.807, 2.05) is 41.8 Å². The zero-order chi connectivity index (χ0) is 22.0. The van der Waals surface area contributed by atoms with Crippen LogP contribution in [-0.4, -0.2) is 54.6 Å². The van der Waals surface area contributed by atoms with E-state index in [-0.39, 0.29) is 42.7 Å². The summed E-state index contributed by atoms with van der Waals surface area (Å²) < 4.78 is 27.1. The van der Waals surface area contributed by atoms with Gasteiger partial charge in [-0.25, -0.2) is 8.42 Å². The van der Waals surface area contributed by atoms with Crippen molar-refractivity contribution >= 4 is 33.0 Å². The molecule has 1 amide bonds. The molecule has 10 heteroatoms. The van der Waals surface area contributed by atoms with Crippen LogP contribution in [0.15, 0.2) is 70.9 Å². The van der Waals surface area contributed by atoms with Crippen LogP contribution >= 0.6 is 11.3 Å². The number of carbonyl (C=O) groups excluding carboxylic acids is 1. The van der Waals surface area contributed by atoms with Crippen LogP contribution in [0.1, 0.15) is 9.67 Å². The van der Waals surface area contributed by atoms with E-state index in [1.54, 1.807) is 4.90 Å². The number of non-ortho nitro benzene ring substituents is 1. The Labute approximate surface area is 183 Å². The van der Waals surface area contributed by atoms with Crippen LogP contribution in [0.5, 0.6) is 0 Å². The third kappa shape index (κ3) is 4.22. The van der Waals surface area contributed by atoms with Crippen molar-refractivity contribution in [1.82, 2.24) is 9.21 Å². The Morgan fingerprint density at radius 1 is 0.968 bits per heavy atom. The van der Waals surface area contributed by atoms with Gasteiger partial charge in [0.2, 0.25) is 10.0 Å². The topological polar surface area (TPSA) is 101 Å². The van der Waals surface area contributed by atoms with Gasteiger partial charge < -0.3 is 4.90 Å². The summed E-state index contributed by atoms with van der Waals surface area (Å²) in [5, 5.41) is 12.8. The van der Waals surface area contributed by atoms with Gasteiger partial charge in [0.15, 0.2) is 0 Å². The van der Waals surface area contributed by atoms with Crippen molar-refractivity contribution in [3.8, 4) is 11.1 Å². The standard InChI is InChI=1S/C21H19N3O5S2/c25-21(20-19(9-14-30-20)16-5-2-1-3-6-16)22-10-12-23(13-11-22)31(28,29)18-8-4-7-17(15-18)24(26)27/h1-9,14-15H,10-13H2. The maximum atomic E-state index is 13.1. The highest BCUT2D eigenvalue weighted by atomic mass is 32.2. The number of amides is 1. The molecule has 0 bridgehead atoms. The zero-order valence-corrected chi connectivity index (χ0v) is 18.0. The second-order valence-electron chi connectivity index (χ2n) is 6.98. The summed E-state index contributed by atoms with van der Waals surface area (Å²) in [4.78, 5) is 25.6. The number of thiophene rings is 1. The Bertz CT molecular complexity index is 1220. The molecule has 2 heterocycles. The molecule has 1 aromatic heterocycles. The molecule has 0 spiro atoms. The highest BCUT2D eigenvalue weighted by Crippen LogP contribution is 2.30. The lowest BCUT2D eigenvalue weighted by Crippen LogP contribution is -2.50. The Hall–Kier alpha value is -3.08. The van der Waals surface area contributed by atoms with E-state index in [2.05, 4.69) is 0 Å². The van der Waals surface area contributed by atoms with Crippen LogP contribution in [0.25, 0.3) is 11.1 Å². The van der Waals surface area contributed by atoms with Gasteiger partial charge in [0.1, 0.15) is 0 Å². The molecule has 0 atom stereocenters. The third-order valence-electron chi connectivity index (χ3n) is 5.14. The number of hydrogen-bond acceptors (Lipinski definition) is 6. The van der Waals surface area contributed by atoms with Crippen LogP contribution in [0, 0.1) is 10.1 Å². The first-order valence-corrected chi connectivity index (χ1v) is 11.9. The highest BCUT2D eigenvalue weighted by molar-refractivity contribution is 7.89. The van der Waals surface area contributed by atoms with Gasteiger partial charge in [-0.05, 0) is 23.1 Å². The van der Waals surface area contributed by atoms with Crippen molar-refractivity contribution in [2.45, 2.75) is 4.90 Å². The lowest BCUT2D eigenvalue weighted by Gasteiger charge is -2.34. The first-order valence-electron chi connectivity index (χ1n) is 9.55. The minimum Gasteiger partial charge on any atom is -0.335 e. The lowest BCUT2D eigenvalue weighted by atomic mass is 10.1. The van der Waals surface area contributed by atoms with Crippen LogP contribution in [-0.2, 0) is 10.0 Å². The summed E-state index contributed by atoms with van der Waals surface area (Å²) in [5.74, 6) is -0.124. The predicted octanol–water partition coefficient (Wildman–Crippen LogP) is 3.47. The second kappa shape index (κ2) is 8.58. The fourth-order valence-electron chi connectivity index (χ4n) is 3.50. The lowest BCUT2D eigenvalue weighted by molar-refractivity contribution is -0.385. The number of nitro benzene ring substituents is 1. The number of sulfonamides is 1. The van der Waals surface area contributed by atoms with Gasteiger partial charge in [-0.2, -0.15) is 4.31 Å². The average molecular weight is 458 g/mol. The molecular weight excluding hydrogens is 438 g/mol. The molecule has 160 valence electrons. The zero-order valence-electron chi connectivity index (χ0n) is 16.4. The maximum Gasteiger partial charge on any atom is 0.270 e. The van der Waals surface area contributed by atoms with Gasteiger partial charge in [-0.15, -0.1) is 11.3 Å². The van der Waals surface area contributed by atoms with E-state index < -0.39 is 14.9 Å². The number of benzene rings is 2. The molecule has 4 rings (SSSR count). The van der Waals surface area contributed by atoms with Gasteiger partial charge >= 0.3 is 0 Å². The van der Waals surface area contributed by atoms with Crippen LogP contribution in [0.3, 0.4) is 0 Å². The Morgan fingerprint density at radius 3 is 2.35 bits per heavy atom. The monoisotopic (exact) mass is 457 g/mol. The molecule has 31 heavy (non-hydrogen) atoms. The van der Waals surface area contributed by atoms with E-state index >= 15 is 0 Å². The number of nitrogens with zero attached hydrogens (tertiary/aromatic N) is 3. The normalized spacial score (nSPS) is 15.0. The van der Waals surface area contributed by atoms with Crippen molar-refractivity contribution in [1.29, 1.82) is 0 Å². The number of nitro groups is 1. The molecule has 3 aromatic rings. The Balaban J connectivity index is 1.48. The van der Waals surface area contributed by atoms with Gasteiger partial charge in [0.05, 0.1) is 14.7 Å². The van der Waals surface area contributed by atoms with E-state index in [0.29, 0.717) is 4.88 Å². The van der Waals surface area contributed by atoms with Crippen molar-refractivity contribution in [2.75, 3.05) is 26.2 Å². The fourth-order valence-corrected chi connectivity index (χ4v) is 5.85. The second-order valence-corrected chi connectivity index (χ2v) is 9.83. The number of rotatable bonds is 5. The number of carbonyl (C=O) groups is 1. The average Bonchev–Trinajstić information content (AvgIpc) is 3.29. The summed E-state index contributed by atoms with van der Waals surface area (Å²) in [6.45, 7) is 0.754. The molecule has 8 nitrogen and oxygen atoms in total. The molecule has 0 radical (unpaired) electrons. The minimum atomic E-state index is -3.88. The van der Waals surface area contributed by atoms with Crippen molar-refractivity contribution in [2.24, 2.45) is 0 Å². The van der Waals surface area contributed by atoms with E-state index in [1.165, 1.54) is 33.8 Å². The van der Waals surface area contributed by atoms with E-state index in [0.717, 1.165) is 17.2 Å². The predicted molar refractivity (Wildman–Crippen MR) is 118 cm³/mol. The summed E-state index contributed by atoms with van der Waals surface area (Å²) in [5.41, 5.74) is 1.54. The largest absolute Gasteiger partial charge is 0.335 e. The van der Waals surface area contributed by atoms with Gasteiger partial charge in [0, 0.05) is 43.9 Å². The molecule has 0 saturated carbocycles. The Kier molecular flexibility index (Phi) is 5.86. The molecule has 1 aliphatic rings. The van der Waals surface area contributed by atoms with E-state index in [4.69, 9.17) is 0 Å². The molecule has 0 aliphatic carbocycles. The highest BCUT2D eigenvalue weighted by Gasteiger charge is 2.32. The summed E-state index contributed by atoms with van der Waals surface area (Å²) in [6, 6.07) is 16.6. The van der Waals surface area contributed by atoms with Crippen molar-refractivity contribution in [3.63, 3.8) is 0 Å². The summed E-state index contributed by atoms with van der Waals surface area (Å²) in [7, 11) is -3.88. The molecule has 1 saturated heterocycles. The van der Waals surface area contributed by atoms with Crippen LogP contribution in [0.2, 0.25) is 0 Å². The smallest absolute Gasteiger partial charge is 0.270 e. The SMILES string of the molecule is O=C(c1sccc1-c1ccccc1)N1CCN(S(=O)(=O)c2cccc([N+](=O)[O-])c2)CC1. The van der Waals surface area contributed by atoms with Gasteiger partial charge in [-0.1, -0.05) is 36.4 Å². The van der Waals surface area contributed by atoms with E-state index in [9.17, 15) is 23.3 Å². The van der Waals surface area contributed by atoms with Crippen molar-refractivity contribution in [3.05, 3.63) is 81.0 Å². The molecule has 0 unspecified atom stereocenters. The molecule has 1 fully saturated rings. The maximum absolute atomic E-state index is 13.1. The van der Waals surface area contributed by atoms with Crippen LogP contribution < -0.4 is 0 Å². The number of hydrogen-bond donors (Lipinski definition) is 0. The van der Waals surface area contributed by atoms with Crippen molar-refractivity contribution < 1.29 is 18.1 Å². The number of piperazine rings is 1. The van der Waals surface area contributed by atoms with Crippen LogP contribution in [0.4, 0.5) is 5.69 Å². The molecule has 1 aliphatic heterocycles. The summed E-state index contributed by atoms with van der Waals surface area (Å²) >= 11 is 1.37.